The molecular formula is C26H23N3O5S. The number of benzene rings is 3. The third-order valence-electron chi connectivity index (χ3n) is 5.01. The molecule has 9 heteroatoms. The number of amides is 2. The first-order valence-corrected chi connectivity index (χ1v) is 11.9. The lowest BCUT2D eigenvalue weighted by molar-refractivity contribution is -0.114. The highest BCUT2D eigenvalue weighted by molar-refractivity contribution is 7.87. The zero-order valence-electron chi connectivity index (χ0n) is 19.3. The molecule has 3 aromatic carbocycles. The minimum atomic E-state index is -4.23. The smallest absolute Gasteiger partial charge is 0.339 e. The summed E-state index contributed by atoms with van der Waals surface area (Å²) in [5.74, 6) is -0.973. The fourth-order valence-corrected chi connectivity index (χ4v) is 4.03. The van der Waals surface area contributed by atoms with Crippen LogP contribution in [0.4, 0.5) is 11.4 Å². The Morgan fingerprint density at radius 2 is 1.57 bits per heavy atom. The van der Waals surface area contributed by atoms with Crippen LogP contribution < -0.4 is 14.8 Å². The molecule has 0 fully saturated rings. The summed E-state index contributed by atoms with van der Waals surface area (Å²) in [6.45, 7) is 5.20. The molecule has 0 spiro atoms. The van der Waals surface area contributed by atoms with E-state index in [4.69, 9.17) is 4.18 Å². The predicted octanol–water partition coefficient (Wildman–Crippen LogP) is 4.58. The number of nitrogens with zero attached hydrogens (tertiary/aromatic N) is 1. The van der Waals surface area contributed by atoms with Gasteiger partial charge < -0.3 is 14.8 Å². The first kappa shape index (κ1) is 25.2. The number of nitrogens with one attached hydrogen (secondary N) is 2. The van der Waals surface area contributed by atoms with Crippen molar-refractivity contribution in [3.05, 3.63) is 89.0 Å². The molecule has 0 aliphatic carbocycles. The third kappa shape index (κ3) is 6.56. The van der Waals surface area contributed by atoms with E-state index in [0.717, 1.165) is 11.1 Å². The second kappa shape index (κ2) is 10.7. The van der Waals surface area contributed by atoms with Gasteiger partial charge in [-0.1, -0.05) is 24.3 Å². The summed E-state index contributed by atoms with van der Waals surface area (Å²) in [5.41, 5.74) is 3.03. The zero-order valence-corrected chi connectivity index (χ0v) is 20.1. The first-order valence-electron chi connectivity index (χ1n) is 10.5. The first-order chi connectivity index (χ1) is 16.6. The normalized spacial score (nSPS) is 11.3. The van der Waals surface area contributed by atoms with E-state index < -0.39 is 16.0 Å². The molecule has 3 aromatic rings. The van der Waals surface area contributed by atoms with Crippen LogP contribution in [0.15, 0.2) is 77.2 Å². The predicted molar refractivity (Wildman–Crippen MR) is 133 cm³/mol. The number of hydrogen-bond acceptors (Lipinski definition) is 6. The van der Waals surface area contributed by atoms with Crippen LogP contribution in [0.25, 0.3) is 6.08 Å². The van der Waals surface area contributed by atoms with Crippen molar-refractivity contribution in [2.24, 2.45) is 0 Å². The Labute approximate surface area is 204 Å². The van der Waals surface area contributed by atoms with Crippen LogP contribution >= 0.6 is 0 Å². The molecule has 0 radical (unpaired) electrons. The number of rotatable bonds is 7. The fourth-order valence-electron chi connectivity index (χ4n) is 3.07. The molecule has 0 bridgehead atoms. The summed E-state index contributed by atoms with van der Waals surface area (Å²) < 4.78 is 30.9. The molecule has 0 saturated heterocycles. The Morgan fingerprint density at radius 1 is 0.914 bits per heavy atom. The molecule has 0 aliphatic rings. The van der Waals surface area contributed by atoms with Gasteiger partial charge in [0.25, 0.3) is 5.91 Å². The maximum Gasteiger partial charge on any atom is 0.339 e. The van der Waals surface area contributed by atoms with Crippen molar-refractivity contribution >= 4 is 39.4 Å². The summed E-state index contributed by atoms with van der Waals surface area (Å²) in [4.78, 5) is 23.7. The molecular weight excluding hydrogens is 466 g/mol. The van der Waals surface area contributed by atoms with Gasteiger partial charge >= 0.3 is 10.1 Å². The summed E-state index contributed by atoms with van der Waals surface area (Å²) in [6, 6.07) is 18.9. The monoisotopic (exact) mass is 489 g/mol. The number of nitriles is 1. The second-order valence-corrected chi connectivity index (χ2v) is 9.25. The van der Waals surface area contributed by atoms with Crippen molar-refractivity contribution in [2.45, 2.75) is 25.7 Å². The van der Waals surface area contributed by atoms with E-state index in [9.17, 15) is 23.3 Å². The number of hydrogen-bond donors (Lipinski definition) is 2. The minimum absolute atomic E-state index is 0.0508. The molecule has 0 aromatic heterocycles. The summed E-state index contributed by atoms with van der Waals surface area (Å²) in [5, 5.41) is 14.8. The van der Waals surface area contributed by atoms with E-state index in [1.807, 2.05) is 26.0 Å². The summed E-state index contributed by atoms with van der Waals surface area (Å²) >= 11 is 0. The highest BCUT2D eigenvalue weighted by atomic mass is 32.2. The molecule has 35 heavy (non-hydrogen) atoms. The van der Waals surface area contributed by atoms with E-state index in [1.165, 1.54) is 49.4 Å². The Hall–Kier alpha value is -4.42. The van der Waals surface area contributed by atoms with Crippen molar-refractivity contribution in [1.82, 2.24) is 0 Å². The average molecular weight is 490 g/mol. The Bertz CT molecular complexity index is 1450. The molecule has 0 unspecified atom stereocenters. The van der Waals surface area contributed by atoms with Gasteiger partial charge in [0.05, 0.1) is 0 Å². The van der Waals surface area contributed by atoms with Gasteiger partial charge in [0.1, 0.15) is 22.3 Å². The van der Waals surface area contributed by atoms with Crippen LogP contribution in [0.1, 0.15) is 23.6 Å². The van der Waals surface area contributed by atoms with Gasteiger partial charge in [0.2, 0.25) is 5.91 Å². The summed E-state index contributed by atoms with van der Waals surface area (Å²) in [7, 11) is -4.23. The largest absolute Gasteiger partial charge is 0.378 e. The molecule has 2 N–H and O–H groups in total. The SMILES string of the molecule is CC(=O)Nc1ccc(S(=O)(=O)Oc2ccccc2C=C(C#N)C(=O)Nc2ccc(C)c(C)c2)cc1. The van der Waals surface area contributed by atoms with Crippen molar-refractivity contribution in [3.8, 4) is 11.8 Å². The Morgan fingerprint density at radius 3 is 2.20 bits per heavy atom. The van der Waals surface area contributed by atoms with Crippen LogP contribution in [0, 0.1) is 25.2 Å². The number of carbonyl (C=O) groups excluding carboxylic acids is 2. The van der Waals surface area contributed by atoms with Crippen molar-refractivity contribution in [2.75, 3.05) is 10.6 Å². The number of anilines is 2. The average Bonchev–Trinajstić information content (AvgIpc) is 2.80. The highest BCUT2D eigenvalue weighted by Gasteiger charge is 2.19. The Balaban J connectivity index is 1.85. The zero-order chi connectivity index (χ0) is 25.6. The number of para-hydroxylation sites is 1. The van der Waals surface area contributed by atoms with Crippen molar-refractivity contribution < 1.29 is 22.2 Å². The van der Waals surface area contributed by atoms with Crippen LogP contribution in [0.2, 0.25) is 0 Å². The van der Waals surface area contributed by atoms with Crippen molar-refractivity contribution in [1.29, 1.82) is 5.26 Å². The van der Waals surface area contributed by atoms with Gasteiger partial charge in [0, 0.05) is 23.9 Å². The molecule has 0 heterocycles. The van der Waals surface area contributed by atoms with Crippen molar-refractivity contribution in [3.63, 3.8) is 0 Å². The van der Waals surface area contributed by atoms with Crippen LogP contribution in [-0.4, -0.2) is 20.2 Å². The lowest BCUT2D eigenvalue weighted by Crippen LogP contribution is -2.14. The van der Waals surface area contributed by atoms with Gasteiger partial charge in [-0.05, 0) is 73.5 Å². The highest BCUT2D eigenvalue weighted by Crippen LogP contribution is 2.26. The molecule has 0 atom stereocenters. The minimum Gasteiger partial charge on any atom is -0.378 e. The molecule has 0 saturated carbocycles. The van der Waals surface area contributed by atoms with Gasteiger partial charge in [0.15, 0.2) is 0 Å². The Kier molecular flexibility index (Phi) is 7.69. The number of carbonyl (C=O) groups is 2. The maximum atomic E-state index is 12.8. The van der Waals surface area contributed by atoms with Gasteiger partial charge in [-0.3, -0.25) is 9.59 Å². The molecule has 0 aliphatic heterocycles. The maximum absolute atomic E-state index is 12.8. The van der Waals surface area contributed by atoms with Crippen LogP contribution in [0.5, 0.6) is 5.75 Å². The van der Waals surface area contributed by atoms with E-state index in [-0.39, 0.29) is 27.7 Å². The summed E-state index contributed by atoms with van der Waals surface area (Å²) in [6.07, 6.45) is 1.26. The fraction of sp³-hybridized carbons (Fsp3) is 0.115. The molecule has 3 rings (SSSR count). The second-order valence-electron chi connectivity index (χ2n) is 7.70. The molecule has 178 valence electrons. The van der Waals surface area contributed by atoms with E-state index in [2.05, 4.69) is 10.6 Å². The standard InChI is InChI=1S/C26H23N3O5S/c1-17-8-9-23(14-18(17)2)29-26(31)21(16-27)15-20-6-4-5-7-25(20)34-35(32,33)24-12-10-22(11-13-24)28-19(3)30/h4-15H,1-3H3,(H,28,30)(H,29,31). The molecule has 2 amide bonds. The third-order valence-corrected chi connectivity index (χ3v) is 6.26. The lowest BCUT2D eigenvalue weighted by atomic mass is 10.1. The quantitative estimate of drug-likeness (QED) is 0.284. The van der Waals surface area contributed by atoms with E-state index in [1.54, 1.807) is 24.3 Å². The van der Waals surface area contributed by atoms with E-state index >= 15 is 0 Å². The molecule has 8 nitrogen and oxygen atoms in total. The van der Waals surface area contributed by atoms with Gasteiger partial charge in [-0.15, -0.1) is 0 Å². The van der Waals surface area contributed by atoms with E-state index in [0.29, 0.717) is 11.4 Å². The van der Waals surface area contributed by atoms with Crippen LogP contribution in [0.3, 0.4) is 0 Å². The topological polar surface area (TPSA) is 125 Å². The lowest BCUT2D eigenvalue weighted by Gasteiger charge is -2.11. The number of aryl methyl sites for hydroxylation is 2. The van der Waals surface area contributed by atoms with Gasteiger partial charge in [-0.25, -0.2) is 0 Å². The van der Waals surface area contributed by atoms with Gasteiger partial charge in [-0.2, -0.15) is 13.7 Å². The van der Waals surface area contributed by atoms with Crippen LogP contribution in [-0.2, 0) is 19.7 Å².